The molecule has 178 valence electrons. The van der Waals surface area contributed by atoms with Crippen molar-refractivity contribution in [2.45, 2.75) is 0 Å². The van der Waals surface area contributed by atoms with Crippen LogP contribution in [0.5, 0.6) is 0 Å². The summed E-state index contributed by atoms with van der Waals surface area (Å²) in [6, 6.07) is 31.3. The summed E-state index contributed by atoms with van der Waals surface area (Å²) in [7, 11) is 0. The van der Waals surface area contributed by atoms with Crippen molar-refractivity contribution in [1.29, 1.82) is 0 Å². The molecule has 0 saturated heterocycles. The Bertz CT molecular complexity index is 1350. The van der Waals surface area contributed by atoms with Gasteiger partial charge >= 0.3 is 41.5 Å². The molecule has 0 saturated carbocycles. The molecule has 7 heteroatoms. The van der Waals surface area contributed by atoms with Gasteiger partial charge in [-0.1, -0.05) is 60.7 Å². The molecule has 0 fully saturated rings. The molecule has 2 N–H and O–H groups in total. The van der Waals surface area contributed by atoms with Gasteiger partial charge in [0.2, 0.25) is 0 Å². The Morgan fingerprint density at radius 3 is 1.19 bits per heavy atom. The Kier molecular flexibility index (Phi) is 9.46. The first-order valence-electron chi connectivity index (χ1n) is 11.1. The first kappa shape index (κ1) is 27.5. The second kappa shape index (κ2) is 12.7. The summed E-state index contributed by atoms with van der Waals surface area (Å²) in [4.78, 5) is 23.6. The van der Waals surface area contributed by atoms with Crippen molar-refractivity contribution in [3.8, 4) is 0 Å². The Balaban J connectivity index is 0.00000380. The van der Waals surface area contributed by atoms with Crippen LogP contribution in [0.25, 0.3) is 28.8 Å². The zero-order valence-corrected chi connectivity index (χ0v) is 19.2. The van der Waals surface area contributed by atoms with E-state index in [4.69, 9.17) is 0 Å². The Morgan fingerprint density at radius 2 is 0.892 bits per heavy atom. The molecule has 4 aromatic rings. The van der Waals surface area contributed by atoms with Crippen molar-refractivity contribution in [2.75, 3.05) is 0 Å². The standard InChI is InChI=1S/C30H22N2O4.Na.H/c31-32(25-15-11-23(12-16-25)27(29(33)34)19-21-7-3-1-4-8-21)26-17-13-24(14-18-26)28(30(35)36)20-22-9-5-2-6-10-22;;/h1-20H,(H,33,34)(H,35,36);;. The molecule has 0 aliphatic heterocycles. The van der Waals surface area contributed by atoms with E-state index in [-0.39, 0.29) is 40.7 Å². The summed E-state index contributed by atoms with van der Waals surface area (Å²) in [6.07, 6.45) is 3.19. The number of benzene rings is 4. The van der Waals surface area contributed by atoms with Crippen LogP contribution in [0.3, 0.4) is 0 Å². The van der Waals surface area contributed by atoms with Gasteiger partial charge in [0.05, 0.1) is 11.1 Å². The van der Waals surface area contributed by atoms with Crippen molar-refractivity contribution in [3.63, 3.8) is 0 Å². The molecular formula is C30H23N2NaO4. The average molecular weight is 499 g/mol. The minimum atomic E-state index is -1.05. The van der Waals surface area contributed by atoms with Crippen LogP contribution in [0, 0.1) is 0 Å². The maximum atomic E-state index is 11.8. The molecule has 0 aromatic heterocycles. The number of hydrogen-bond donors (Lipinski definition) is 2. The van der Waals surface area contributed by atoms with Crippen molar-refractivity contribution >= 4 is 76.2 Å². The first-order valence-corrected chi connectivity index (χ1v) is 11.1. The SMILES string of the molecule is [N-]=[N+](c1ccc(C(=Cc2ccccc2)C(=O)O)cc1)c1ccc(C(=Cc2ccccc2)C(=O)O)cc1.[NaH]. The maximum absolute atomic E-state index is 11.8. The average Bonchev–Trinajstić information content (AvgIpc) is 2.91. The van der Waals surface area contributed by atoms with Gasteiger partial charge in [0.1, 0.15) is 0 Å². The Morgan fingerprint density at radius 1 is 0.568 bits per heavy atom. The van der Waals surface area contributed by atoms with Crippen LogP contribution in [-0.2, 0) is 9.59 Å². The molecule has 4 rings (SSSR count). The van der Waals surface area contributed by atoms with Crippen molar-refractivity contribution in [1.82, 2.24) is 4.70 Å². The summed E-state index contributed by atoms with van der Waals surface area (Å²) in [5.41, 5.74) is 14.4. The van der Waals surface area contributed by atoms with E-state index >= 15 is 0 Å². The van der Waals surface area contributed by atoms with Crippen LogP contribution in [0.2, 0.25) is 0 Å². The van der Waals surface area contributed by atoms with Crippen LogP contribution in [0.1, 0.15) is 22.3 Å². The second-order valence-electron chi connectivity index (χ2n) is 7.95. The predicted molar refractivity (Wildman–Crippen MR) is 149 cm³/mol. The van der Waals surface area contributed by atoms with E-state index in [2.05, 4.69) is 0 Å². The molecule has 0 aliphatic carbocycles. The number of aliphatic carboxylic acids is 2. The van der Waals surface area contributed by atoms with Gasteiger partial charge in [-0.25, -0.2) is 14.3 Å². The first-order chi connectivity index (χ1) is 17.4. The van der Waals surface area contributed by atoms with Crippen LogP contribution in [-0.4, -0.2) is 51.7 Å². The van der Waals surface area contributed by atoms with Crippen molar-refractivity contribution in [3.05, 3.63) is 137 Å². The van der Waals surface area contributed by atoms with Gasteiger partial charge in [-0.05, 0) is 58.7 Å². The molecule has 0 radical (unpaired) electrons. The van der Waals surface area contributed by atoms with E-state index < -0.39 is 11.9 Å². The van der Waals surface area contributed by atoms with Gasteiger partial charge in [0, 0.05) is 24.3 Å². The fourth-order valence-corrected chi connectivity index (χ4v) is 3.68. The monoisotopic (exact) mass is 498 g/mol. The predicted octanol–water partition coefficient (Wildman–Crippen LogP) is 6.14. The van der Waals surface area contributed by atoms with E-state index in [1.807, 2.05) is 60.7 Å². The topological polar surface area (TPSA) is 99.9 Å². The zero-order chi connectivity index (χ0) is 25.5. The third kappa shape index (κ3) is 6.98. The van der Waals surface area contributed by atoms with E-state index in [9.17, 15) is 25.3 Å². The quantitative estimate of drug-likeness (QED) is 0.100. The van der Waals surface area contributed by atoms with Crippen molar-refractivity contribution in [2.24, 2.45) is 0 Å². The summed E-state index contributed by atoms with van der Waals surface area (Å²) >= 11 is 0. The third-order valence-electron chi connectivity index (χ3n) is 5.53. The third-order valence-corrected chi connectivity index (χ3v) is 5.53. The summed E-state index contributed by atoms with van der Waals surface area (Å²) in [5, 5.41) is 19.3. The fraction of sp³-hybridized carbons (Fsp3) is 0. The molecule has 4 aromatic carbocycles. The molecule has 6 nitrogen and oxygen atoms in total. The van der Waals surface area contributed by atoms with Crippen LogP contribution in [0.4, 0.5) is 11.4 Å². The molecule has 0 unspecified atom stereocenters. The minimum absolute atomic E-state index is 0. The number of carboxylic acids is 2. The van der Waals surface area contributed by atoms with E-state index in [1.54, 1.807) is 60.7 Å². The number of carbonyl (C=O) groups is 2. The zero-order valence-electron chi connectivity index (χ0n) is 19.2. The number of nitrogens with zero attached hydrogens (tertiary/aromatic N) is 2. The Labute approximate surface area is 236 Å². The molecule has 0 heterocycles. The normalized spacial score (nSPS) is 11.4. The van der Waals surface area contributed by atoms with Crippen LogP contribution >= 0.6 is 0 Å². The molecule has 0 aliphatic rings. The number of hydrogen-bond acceptors (Lipinski definition) is 2. The van der Waals surface area contributed by atoms with Gasteiger partial charge in [-0.15, -0.1) is 0 Å². The summed E-state index contributed by atoms with van der Waals surface area (Å²) < 4.78 is 0.955. The van der Waals surface area contributed by atoms with Gasteiger partial charge in [0.25, 0.3) is 0 Å². The summed E-state index contributed by atoms with van der Waals surface area (Å²) in [6.45, 7) is 0. The molecule has 0 amide bonds. The van der Waals surface area contributed by atoms with Gasteiger partial charge in [0.15, 0.2) is 11.4 Å². The number of rotatable bonds is 8. The number of carboxylic acid groups (broad SMARTS) is 2. The van der Waals surface area contributed by atoms with E-state index in [0.29, 0.717) is 22.5 Å². The molecule has 37 heavy (non-hydrogen) atoms. The van der Waals surface area contributed by atoms with E-state index in [1.165, 1.54) is 0 Å². The molecule has 0 bridgehead atoms. The molecular weight excluding hydrogens is 475 g/mol. The molecule has 0 spiro atoms. The van der Waals surface area contributed by atoms with Crippen LogP contribution in [0.15, 0.2) is 109 Å². The van der Waals surface area contributed by atoms with Gasteiger partial charge in [-0.2, -0.15) is 0 Å². The van der Waals surface area contributed by atoms with Gasteiger partial charge < -0.3 is 15.7 Å². The Hall–Kier alpha value is -4.10. The van der Waals surface area contributed by atoms with Crippen molar-refractivity contribution < 1.29 is 19.8 Å². The second-order valence-corrected chi connectivity index (χ2v) is 7.95. The fourth-order valence-electron chi connectivity index (χ4n) is 3.68. The van der Waals surface area contributed by atoms with Gasteiger partial charge in [-0.3, -0.25) is 0 Å². The van der Waals surface area contributed by atoms with E-state index in [0.717, 1.165) is 15.8 Å². The molecule has 0 atom stereocenters. The van der Waals surface area contributed by atoms with Crippen LogP contribution < -0.4 is 4.70 Å². The summed E-state index contributed by atoms with van der Waals surface area (Å²) in [5.74, 6) is -2.11.